The minimum Gasteiger partial charge on any atom is -0.392 e. The molecule has 0 saturated carbocycles. The van der Waals surface area contributed by atoms with Crippen LogP contribution in [0.15, 0.2) is 54.8 Å². The van der Waals surface area contributed by atoms with E-state index in [0.29, 0.717) is 17.5 Å². The van der Waals surface area contributed by atoms with Gasteiger partial charge in [0, 0.05) is 17.1 Å². The average molecular weight is 303 g/mol. The van der Waals surface area contributed by atoms with Gasteiger partial charge in [-0.15, -0.1) is 0 Å². The van der Waals surface area contributed by atoms with Crippen molar-refractivity contribution in [1.82, 2.24) is 3.97 Å². The smallest absolute Gasteiger partial charge is 0.248 e. The number of rotatable bonds is 3. The van der Waals surface area contributed by atoms with Gasteiger partial charge >= 0.3 is 0 Å². The van der Waals surface area contributed by atoms with Gasteiger partial charge in [-0.05, 0) is 19.4 Å². The first-order chi connectivity index (χ1) is 9.99. The minimum atomic E-state index is -3.61. The van der Waals surface area contributed by atoms with Crippen molar-refractivity contribution in [2.75, 3.05) is 0 Å². The van der Waals surface area contributed by atoms with E-state index in [-0.39, 0.29) is 6.61 Å². The van der Waals surface area contributed by atoms with E-state index in [1.54, 1.807) is 37.4 Å². The Morgan fingerprint density at radius 1 is 1.29 bits per heavy atom. The van der Waals surface area contributed by atoms with Gasteiger partial charge in [-0.25, -0.2) is 12.4 Å². The molecule has 110 valence electrons. The molecule has 1 N–H and O–H groups in total. The number of allylic oxidation sites excluding steroid dienone is 3. The lowest BCUT2D eigenvalue weighted by Crippen LogP contribution is -2.37. The maximum atomic E-state index is 13.0. The fourth-order valence-corrected chi connectivity index (χ4v) is 4.38. The third-order valence-corrected chi connectivity index (χ3v) is 6.30. The molecule has 0 saturated heterocycles. The Morgan fingerprint density at radius 2 is 2.10 bits per heavy atom. The van der Waals surface area contributed by atoms with Crippen LogP contribution < -0.4 is 0 Å². The molecule has 1 aromatic carbocycles. The van der Waals surface area contributed by atoms with E-state index in [4.69, 9.17) is 0 Å². The summed E-state index contributed by atoms with van der Waals surface area (Å²) in [6.07, 6.45) is 9.19. The van der Waals surface area contributed by atoms with E-state index < -0.39 is 14.8 Å². The van der Waals surface area contributed by atoms with Gasteiger partial charge in [0.1, 0.15) is 4.75 Å². The Balaban J connectivity index is 2.25. The molecule has 1 aromatic heterocycles. The standard InChI is InChI=1S/C16H17NO3S/c1-16(9-3-2-4-10-16)21(19,20)17-11-8-13-6-5-7-14(12-18)15(13)17/h2-9,11,18H,10,12H2,1H3. The first-order valence-electron chi connectivity index (χ1n) is 6.79. The number of benzene rings is 1. The zero-order valence-corrected chi connectivity index (χ0v) is 12.5. The molecule has 1 heterocycles. The predicted octanol–water partition coefficient (Wildman–Crippen LogP) is 2.59. The lowest BCUT2D eigenvalue weighted by Gasteiger charge is -2.27. The Bertz CT molecular complexity index is 846. The second-order valence-electron chi connectivity index (χ2n) is 5.43. The van der Waals surface area contributed by atoms with Crippen molar-refractivity contribution in [3.63, 3.8) is 0 Å². The number of hydrogen-bond donors (Lipinski definition) is 1. The minimum absolute atomic E-state index is 0.191. The van der Waals surface area contributed by atoms with Gasteiger partial charge in [-0.2, -0.15) is 0 Å². The van der Waals surface area contributed by atoms with Gasteiger partial charge in [-0.3, -0.25) is 0 Å². The number of para-hydroxylation sites is 1. The summed E-state index contributed by atoms with van der Waals surface area (Å²) in [5, 5.41) is 10.3. The first kappa shape index (κ1) is 14.1. The Hall–Kier alpha value is -1.85. The van der Waals surface area contributed by atoms with Gasteiger partial charge in [0.25, 0.3) is 0 Å². The molecule has 2 aromatic rings. The van der Waals surface area contributed by atoms with Crippen molar-refractivity contribution in [2.24, 2.45) is 0 Å². The maximum absolute atomic E-state index is 13.0. The Morgan fingerprint density at radius 3 is 2.76 bits per heavy atom. The second-order valence-corrected chi connectivity index (χ2v) is 7.71. The van der Waals surface area contributed by atoms with Crippen molar-refractivity contribution >= 4 is 20.9 Å². The van der Waals surface area contributed by atoms with Crippen LogP contribution in [0, 0.1) is 0 Å². The van der Waals surface area contributed by atoms with E-state index in [2.05, 4.69) is 0 Å². The molecule has 0 bridgehead atoms. The molecular formula is C16H17NO3S. The van der Waals surface area contributed by atoms with Crippen LogP contribution in [-0.4, -0.2) is 22.2 Å². The van der Waals surface area contributed by atoms with Crippen LogP contribution in [0.4, 0.5) is 0 Å². The number of aliphatic hydroxyl groups is 1. The summed E-state index contributed by atoms with van der Waals surface area (Å²) in [4.78, 5) is 0. The van der Waals surface area contributed by atoms with Gasteiger partial charge in [0.2, 0.25) is 10.0 Å². The number of aliphatic hydroxyl groups excluding tert-OH is 1. The molecule has 3 rings (SSSR count). The van der Waals surface area contributed by atoms with Crippen LogP contribution in [-0.2, 0) is 16.6 Å². The van der Waals surface area contributed by atoms with Gasteiger partial charge in [-0.1, -0.05) is 42.5 Å². The molecule has 0 radical (unpaired) electrons. The lowest BCUT2D eigenvalue weighted by atomic mass is 10.0. The highest BCUT2D eigenvalue weighted by Gasteiger charge is 2.38. The van der Waals surface area contributed by atoms with Crippen molar-refractivity contribution in [2.45, 2.75) is 24.7 Å². The highest BCUT2D eigenvalue weighted by molar-refractivity contribution is 7.91. The van der Waals surface area contributed by atoms with Crippen molar-refractivity contribution in [3.05, 3.63) is 60.3 Å². The Labute approximate surface area is 124 Å². The largest absolute Gasteiger partial charge is 0.392 e. The van der Waals surface area contributed by atoms with Crippen molar-refractivity contribution in [1.29, 1.82) is 0 Å². The fourth-order valence-electron chi connectivity index (χ4n) is 2.69. The first-order valence-corrected chi connectivity index (χ1v) is 8.23. The molecule has 0 fully saturated rings. The Kier molecular flexibility index (Phi) is 3.26. The summed E-state index contributed by atoms with van der Waals surface area (Å²) in [7, 11) is -3.61. The molecule has 4 nitrogen and oxygen atoms in total. The molecule has 1 unspecified atom stereocenters. The molecular weight excluding hydrogens is 286 g/mol. The molecule has 0 amide bonds. The third-order valence-electron chi connectivity index (χ3n) is 4.00. The molecule has 0 aliphatic heterocycles. The quantitative estimate of drug-likeness (QED) is 0.948. The molecule has 5 heteroatoms. The number of aromatic nitrogens is 1. The predicted molar refractivity (Wildman–Crippen MR) is 83.5 cm³/mol. The van der Waals surface area contributed by atoms with Gasteiger partial charge in [0.15, 0.2) is 0 Å². The summed E-state index contributed by atoms with van der Waals surface area (Å²) in [5.41, 5.74) is 1.17. The van der Waals surface area contributed by atoms with Crippen LogP contribution in [0.1, 0.15) is 18.9 Å². The monoisotopic (exact) mass is 303 g/mol. The van der Waals surface area contributed by atoms with Crippen LogP contribution in [0.5, 0.6) is 0 Å². The molecule has 1 aliphatic carbocycles. The zero-order valence-electron chi connectivity index (χ0n) is 11.7. The van der Waals surface area contributed by atoms with E-state index in [9.17, 15) is 13.5 Å². The van der Waals surface area contributed by atoms with Crippen LogP contribution in [0.2, 0.25) is 0 Å². The van der Waals surface area contributed by atoms with Crippen LogP contribution in [0.25, 0.3) is 10.9 Å². The molecule has 21 heavy (non-hydrogen) atoms. The SMILES string of the molecule is CC1(S(=O)(=O)n2ccc3cccc(CO)c32)C=CC=CC1. The summed E-state index contributed by atoms with van der Waals surface area (Å²) in [5.74, 6) is 0. The van der Waals surface area contributed by atoms with Gasteiger partial charge < -0.3 is 5.11 Å². The molecule has 1 atom stereocenters. The van der Waals surface area contributed by atoms with E-state index in [1.165, 1.54) is 3.97 Å². The van der Waals surface area contributed by atoms with Crippen molar-refractivity contribution in [3.8, 4) is 0 Å². The number of fused-ring (bicyclic) bond motifs is 1. The summed E-state index contributed by atoms with van der Waals surface area (Å²) in [6, 6.07) is 7.17. The highest BCUT2D eigenvalue weighted by atomic mass is 32.2. The highest BCUT2D eigenvalue weighted by Crippen LogP contribution is 2.32. The molecule has 0 spiro atoms. The third kappa shape index (κ3) is 2.04. The summed E-state index contributed by atoms with van der Waals surface area (Å²) >= 11 is 0. The number of hydrogen-bond acceptors (Lipinski definition) is 3. The summed E-state index contributed by atoms with van der Waals surface area (Å²) in [6.45, 7) is 1.53. The van der Waals surface area contributed by atoms with Crippen LogP contribution in [0.3, 0.4) is 0 Å². The van der Waals surface area contributed by atoms with Gasteiger partial charge in [0.05, 0.1) is 12.1 Å². The topological polar surface area (TPSA) is 59.3 Å². The molecule has 1 aliphatic rings. The lowest BCUT2D eigenvalue weighted by molar-refractivity contribution is 0.283. The maximum Gasteiger partial charge on any atom is 0.248 e. The fraction of sp³-hybridized carbons (Fsp3) is 0.250. The normalized spacial score (nSPS) is 22.0. The van der Waals surface area contributed by atoms with E-state index >= 15 is 0 Å². The number of nitrogens with zero attached hydrogens (tertiary/aromatic N) is 1. The average Bonchev–Trinajstić information content (AvgIpc) is 2.92. The zero-order chi connectivity index (χ0) is 15.1. The van der Waals surface area contributed by atoms with E-state index in [0.717, 1.165) is 5.39 Å². The van der Waals surface area contributed by atoms with E-state index in [1.807, 2.05) is 24.3 Å². The second kappa shape index (κ2) is 4.86. The van der Waals surface area contributed by atoms with Crippen molar-refractivity contribution < 1.29 is 13.5 Å². The summed E-state index contributed by atoms with van der Waals surface area (Å²) < 4.78 is 26.4. The van der Waals surface area contributed by atoms with Crippen LogP contribution >= 0.6 is 0 Å².